The normalized spacial score (nSPS) is 22.8. The summed E-state index contributed by atoms with van der Waals surface area (Å²) < 4.78 is 3.62. The molecule has 0 amide bonds. The zero-order valence-electron chi connectivity index (χ0n) is 14.3. The number of hydrogen-bond donors (Lipinski definition) is 1. The van der Waals surface area contributed by atoms with Crippen LogP contribution in [0.1, 0.15) is 54.9 Å². The summed E-state index contributed by atoms with van der Waals surface area (Å²) >= 11 is 1.57. The molecule has 2 saturated carbocycles. The number of benzene rings is 1. The molecule has 0 bridgehead atoms. The van der Waals surface area contributed by atoms with E-state index in [2.05, 4.69) is 38.8 Å². The highest BCUT2D eigenvalue weighted by Crippen LogP contribution is 2.50. The second kappa shape index (κ2) is 5.27. The standard InChI is InChI=1S/C20H19N5S/c21-20-24-17-14(3-1-5-16(17)26-20)12-9-13(10-12)25-18(11-6-7-11)23-15-4-2-8-22-19(15)25/h1-5,8,11-13H,6-7,9-10H2,(H2,21,24). The molecule has 2 fully saturated rings. The van der Waals surface area contributed by atoms with Crippen LogP contribution in [0.15, 0.2) is 36.5 Å². The Balaban J connectivity index is 1.36. The van der Waals surface area contributed by atoms with E-state index in [-0.39, 0.29) is 0 Å². The largest absolute Gasteiger partial charge is 0.375 e. The number of hydrogen-bond acceptors (Lipinski definition) is 5. The summed E-state index contributed by atoms with van der Waals surface area (Å²) in [4.78, 5) is 14.1. The molecular formula is C20H19N5S. The Bertz CT molecular complexity index is 1130. The molecule has 0 spiro atoms. The fourth-order valence-electron chi connectivity index (χ4n) is 4.31. The molecule has 0 radical (unpaired) electrons. The van der Waals surface area contributed by atoms with Crippen LogP contribution in [0.2, 0.25) is 0 Å². The van der Waals surface area contributed by atoms with E-state index in [4.69, 9.17) is 10.7 Å². The van der Waals surface area contributed by atoms with Crippen LogP contribution >= 0.6 is 11.3 Å². The van der Waals surface area contributed by atoms with Crippen LogP contribution in [0.25, 0.3) is 21.4 Å². The molecule has 3 heterocycles. The van der Waals surface area contributed by atoms with Gasteiger partial charge in [-0.05, 0) is 55.4 Å². The Morgan fingerprint density at radius 1 is 1.04 bits per heavy atom. The Morgan fingerprint density at radius 3 is 2.77 bits per heavy atom. The van der Waals surface area contributed by atoms with Crippen molar-refractivity contribution in [3.63, 3.8) is 0 Å². The fourth-order valence-corrected chi connectivity index (χ4v) is 5.07. The van der Waals surface area contributed by atoms with Gasteiger partial charge in [-0.15, -0.1) is 0 Å². The number of imidazole rings is 1. The Labute approximate surface area is 154 Å². The van der Waals surface area contributed by atoms with E-state index in [0.717, 1.165) is 29.5 Å². The first kappa shape index (κ1) is 14.7. The van der Waals surface area contributed by atoms with E-state index in [1.807, 2.05) is 12.3 Å². The molecule has 0 saturated heterocycles. The molecule has 6 rings (SSSR count). The minimum absolute atomic E-state index is 0.488. The maximum Gasteiger partial charge on any atom is 0.181 e. The summed E-state index contributed by atoms with van der Waals surface area (Å²) in [5.74, 6) is 2.42. The van der Waals surface area contributed by atoms with Gasteiger partial charge < -0.3 is 10.3 Å². The molecule has 0 atom stereocenters. The van der Waals surface area contributed by atoms with Crippen molar-refractivity contribution in [2.45, 2.75) is 43.6 Å². The van der Waals surface area contributed by atoms with Crippen LogP contribution in [0.4, 0.5) is 5.13 Å². The summed E-state index contributed by atoms with van der Waals surface area (Å²) in [6.07, 6.45) is 6.65. The lowest BCUT2D eigenvalue weighted by Gasteiger charge is -2.37. The van der Waals surface area contributed by atoms with Crippen molar-refractivity contribution < 1.29 is 0 Å². The van der Waals surface area contributed by atoms with Crippen LogP contribution in [0.3, 0.4) is 0 Å². The SMILES string of the molecule is Nc1nc2c(C3CC(n4c(C5CC5)nc5cccnc54)C3)cccc2s1. The highest BCUT2D eigenvalue weighted by molar-refractivity contribution is 7.22. The van der Waals surface area contributed by atoms with Crippen LogP contribution in [0, 0.1) is 0 Å². The number of rotatable bonds is 3. The molecule has 0 unspecified atom stereocenters. The van der Waals surface area contributed by atoms with E-state index in [1.165, 1.54) is 28.9 Å². The van der Waals surface area contributed by atoms with E-state index >= 15 is 0 Å². The van der Waals surface area contributed by atoms with Crippen molar-refractivity contribution in [2.24, 2.45) is 0 Å². The van der Waals surface area contributed by atoms with Crippen molar-refractivity contribution in [2.75, 3.05) is 5.73 Å². The Kier molecular flexibility index (Phi) is 2.97. The second-order valence-corrected chi connectivity index (χ2v) is 8.59. The number of thiazole rings is 1. The molecule has 3 aromatic heterocycles. The van der Waals surface area contributed by atoms with Gasteiger partial charge in [0.05, 0.1) is 10.2 Å². The minimum Gasteiger partial charge on any atom is -0.375 e. The summed E-state index contributed by atoms with van der Waals surface area (Å²) in [6.45, 7) is 0. The zero-order chi connectivity index (χ0) is 17.3. The monoisotopic (exact) mass is 361 g/mol. The number of nitrogen functional groups attached to an aromatic ring is 1. The van der Waals surface area contributed by atoms with Gasteiger partial charge >= 0.3 is 0 Å². The minimum atomic E-state index is 0.488. The highest BCUT2D eigenvalue weighted by atomic mass is 32.1. The molecule has 1 aromatic carbocycles. The smallest absolute Gasteiger partial charge is 0.181 e. The quantitative estimate of drug-likeness (QED) is 0.578. The lowest BCUT2D eigenvalue weighted by molar-refractivity contribution is 0.265. The summed E-state index contributed by atoms with van der Waals surface area (Å²) in [6, 6.07) is 11.0. The third-order valence-electron chi connectivity index (χ3n) is 5.80. The predicted octanol–water partition coefficient (Wildman–Crippen LogP) is 4.62. The average molecular weight is 361 g/mol. The molecule has 6 heteroatoms. The number of anilines is 1. The average Bonchev–Trinajstić information content (AvgIpc) is 3.27. The van der Waals surface area contributed by atoms with Crippen LogP contribution in [0.5, 0.6) is 0 Å². The van der Waals surface area contributed by atoms with Gasteiger partial charge in [-0.1, -0.05) is 23.5 Å². The lowest BCUT2D eigenvalue weighted by Crippen LogP contribution is -2.27. The Hall–Kier alpha value is -2.47. The number of fused-ring (bicyclic) bond motifs is 2. The van der Waals surface area contributed by atoms with E-state index in [9.17, 15) is 0 Å². The maximum absolute atomic E-state index is 5.93. The van der Waals surface area contributed by atoms with Gasteiger partial charge in [-0.25, -0.2) is 15.0 Å². The van der Waals surface area contributed by atoms with Crippen molar-refractivity contribution in [3.05, 3.63) is 47.9 Å². The van der Waals surface area contributed by atoms with Crippen molar-refractivity contribution in [3.8, 4) is 0 Å². The van der Waals surface area contributed by atoms with Gasteiger partial charge in [-0.2, -0.15) is 0 Å². The molecule has 4 aromatic rings. The number of aromatic nitrogens is 4. The van der Waals surface area contributed by atoms with Gasteiger partial charge in [0.25, 0.3) is 0 Å². The molecule has 0 aliphatic heterocycles. The van der Waals surface area contributed by atoms with Crippen LogP contribution in [-0.2, 0) is 0 Å². The molecule has 5 nitrogen and oxygen atoms in total. The van der Waals surface area contributed by atoms with Crippen LogP contribution in [-0.4, -0.2) is 19.5 Å². The van der Waals surface area contributed by atoms with Crippen LogP contribution < -0.4 is 5.73 Å². The second-order valence-electron chi connectivity index (χ2n) is 7.53. The first-order valence-corrected chi connectivity index (χ1v) is 10.1. The fraction of sp³-hybridized carbons (Fsp3) is 0.350. The third-order valence-corrected chi connectivity index (χ3v) is 6.65. The third kappa shape index (κ3) is 2.11. The Morgan fingerprint density at radius 2 is 1.92 bits per heavy atom. The van der Waals surface area contributed by atoms with Gasteiger partial charge in [0.15, 0.2) is 10.8 Å². The summed E-state index contributed by atoms with van der Waals surface area (Å²) in [5, 5.41) is 0.657. The summed E-state index contributed by atoms with van der Waals surface area (Å²) in [5.41, 5.74) is 10.5. The molecule has 2 N–H and O–H groups in total. The molecule has 26 heavy (non-hydrogen) atoms. The molecule has 2 aliphatic carbocycles. The van der Waals surface area contributed by atoms with Crippen molar-refractivity contribution in [1.29, 1.82) is 0 Å². The van der Waals surface area contributed by atoms with E-state index < -0.39 is 0 Å². The topological polar surface area (TPSA) is 69.6 Å². The zero-order valence-corrected chi connectivity index (χ0v) is 15.1. The molecule has 130 valence electrons. The maximum atomic E-state index is 5.93. The number of nitrogens with two attached hydrogens (primary N) is 1. The molecule has 2 aliphatic rings. The van der Waals surface area contributed by atoms with Gasteiger partial charge in [0.2, 0.25) is 0 Å². The first-order chi connectivity index (χ1) is 12.8. The highest BCUT2D eigenvalue weighted by Gasteiger charge is 2.38. The van der Waals surface area contributed by atoms with Gasteiger partial charge in [0.1, 0.15) is 11.3 Å². The van der Waals surface area contributed by atoms with Gasteiger partial charge in [-0.3, -0.25) is 0 Å². The lowest BCUT2D eigenvalue weighted by atomic mass is 9.75. The molecular weight excluding hydrogens is 342 g/mol. The van der Waals surface area contributed by atoms with Gasteiger partial charge in [0, 0.05) is 18.2 Å². The number of nitrogens with zero attached hydrogens (tertiary/aromatic N) is 4. The van der Waals surface area contributed by atoms with Crippen molar-refractivity contribution >= 4 is 37.8 Å². The predicted molar refractivity (Wildman–Crippen MR) is 105 cm³/mol. The van der Waals surface area contributed by atoms with E-state index in [0.29, 0.717) is 23.0 Å². The van der Waals surface area contributed by atoms with Crippen molar-refractivity contribution in [1.82, 2.24) is 19.5 Å². The number of para-hydroxylation sites is 1. The number of pyridine rings is 1. The summed E-state index contributed by atoms with van der Waals surface area (Å²) in [7, 11) is 0. The first-order valence-electron chi connectivity index (χ1n) is 9.25. The van der Waals surface area contributed by atoms with E-state index in [1.54, 1.807) is 11.3 Å².